The number of rotatable bonds is 9. The van der Waals surface area contributed by atoms with Gasteiger partial charge in [0.25, 0.3) is 0 Å². The number of methoxy groups -OCH3 is 1. The Kier molecular flexibility index (Phi) is 7.79. The molecule has 6 heteroatoms. The normalized spacial score (nSPS) is 14.6. The minimum Gasteiger partial charge on any atom is -0.497 e. The molecular weight excluding hydrogens is 432 g/mol. The molecule has 0 aliphatic heterocycles. The number of hydrogen-bond acceptors (Lipinski definition) is 4. The fourth-order valence-corrected chi connectivity index (χ4v) is 5.07. The molecular formula is C27H30N2O3S. The van der Waals surface area contributed by atoms with Gasteiger partial charge in [0.1, 0.15) is 11.8 Å². The predicted molar refractivity (Wildman–Crippen MR) is 131 cm³/mol. The highest BCUT2D eigenvalue weighted by Crippen LogP contribution is 2.27. The van der Waals surface area contributed by atoms with Crippen molar-refractivity contribution < 1.29 is 14.3 Å². The number of benzene rings is 2. The molecule has 1 N–H and O–H groups in total. The molecule has 1 saturated carbocycles. The van der Waals surface area contributed by atoms with Crippen molar-refractivity contribution in [3.63, 3.8) is 0 Å². The molecule has 1 aromatic heterocycles. The Balaban J connectivity index is 1.66. The van der Waals surface area contributed by atoms with E-state index >= 15 is 0 Å². The van der Waals surface area contributed by atoms with E-state index in [0.29, 0.717) is 6.54 Å². The quantitative estimate of drug-likeness (QED) is 0.480. The summed E-state index contributed by atoms with van der Waals surface area (Å²) < 4.78 is 5.28. The van der Waals surface area contributed by atoms with Crippen LogP contribution in [0.25, 0.3) is 0 Å². The first-order chi connectivity index (χ1) is 16.1. The zero-order valence-corrected chi connectivity index (χ0v) is 19.7. The summed E-state index contributed by atoms with van der Waals surface area (Å²) >= 11 is 1.56. The Bertz CT molecular complexity index is 1030. The number of amides is 2. The lowest BCUT2D eigenvalue weighted by atomic mass is 10.0. The lowest BCUT2D eigenvalue weighted by Gasteiger charge is -2.32. The molecule has 172 valence electrons. The second-order valence-electron chi connectivity index (χ2n) is 8.43. The van der Waals surface area contributed by atoms with Gasteiger partial charge in [-0.25, -0.2) is 0 Å². The van der Waals surface area contributed by atoms with Gasteiger partial charge in [-0.3, -0.25) is 9.59 Å². The third-order valence-electron chi connectivity index (χ3n) is 6.11. The van der Waals surface area contributed by atoms with Gasteiger partial charge in [0, 0.05) is 17.5 Å². The molecule has 1 atom stereocenters. The fourth-order valence-electron chi connectivity index (χ4n) is 4.37. The highest BCUT2D eigenvalue weighted by atomic mass is 32.1. The van der Waals surface area contributed by atoms with Crippen molar-refractivity contribution in [2.45, 2.75) is 50.7 Å². The minimum absolute atomic E-state index is 0.0660. The lowest BCUT2D eigenvalue weighted by molar-refractivity contribution is -0.141. The van der Waals surface area contributed by atoms with Crippen molar-refractivity contribution in [2.75, 3.05) is 7.11 Å². The van der Waals surface area contributed by atoms with Gasteiger partial charge in [0.05, 0.1) is 13.5 Å². The van der Waals surface area contributed by atoms with E-state index in [1.807, 2.05) is 72.1 Å². The van der Waals surface area contributed by atoms with Gasteiger partial charge in [0.2, 0.25) is 11.8 Å². The highest BCUT2D eigenvalue weighted by Gasteiger charge is 2.33. The number of nitrogens with one attached hydrogen (secondary N) is 1. The lowest BCUT2D eigenvalue weighted by Crippen LogP contribution is -2.46. The second kappa shape index (κ2) is 11.1. The van der Waals surface area contributed by atoms with Crippen LogP contribution in [-0.4, -0.2) is 29.9 Å². The smallest absolute Gasteiger partial charge is 0.247 e. The van der Waals surface area contributed by atoms with E-state index in [-0.39, 0.29) is 24.3 Å². The van der Waals surface area contributed by atoms with Crippen LogP contribution >= 0.6 is 11.3 Å². The first kappa shape index (κ1) is 23.1. The number of ether oxygens (including phenoxy) is 1. The van der Waals surface area contributed by atoms with E-state index in [1.54, 1.807) is 23.3 Å². The van der Waals surface area contributed by atoms with Gasteiger partial charge in [-0.2, -0.15) is 0 Å². The molecule has 0 bridgehead atoms. The van der Waals surface area contributed by atoms with E-state index in [0.717, 1.165) is 47.4 Å². The zero-order valence-electron chi connectivity index (χ0n) is 18.9. The Morgan fingerprint density at radius 2 is 1.76 bits per heavy atom. The van der Waals surface area contributed by atoms with Crippen LogP contribution in [0.4, 0.5) is 0 Å². The average molecular weight is 463 g/mol. The number of carbonyl (C=O) groups excluding carboxylic acids is 2. The third-order valence-corrected chi connectivity index (χ3v) is 6.99. The number of hydrogen-bond donors (Lipinski definition) is 1. The van der Waals surface area contributed by atoms with Gasteiger partial charge >= 0.3 is 0 Å². The molecule has 1 aliphatic carbocycles. The Morgan fingerprint density at radius 3 is 2.39 bits per heavy atom. The Morgan fingerprint density at radius 1 is 1.03 bits per heavy atom. The molecule has 0 spiro atoms. The largest absolute Gasteiger partial charge is 0.497 e. The van der Waals surface area contributed by atoms with E-state index in [9.17, 15) is 9.59 Å². The van der Waals surface area contributed by atoms with Crippen LogP contribution in [0.1, 0.15) is 47.7 Å². The molecule has 33 heavy (non-hydrogen) atoms. The summed E-state index contributed by atoms with van der Waals surface area (Å²) in [5.41, 5.74) is 1.77. The average Bonchev–Trinajstić information content (AvgIpc) is 3.54. The summed E-state index contributed by atoms with van der Waals surface area (Å²) in [5, 5.41) is 5.20. The maximum atomic E-state index is 13.6. The minimum atomic E-state index is -0.693. The van der Waals surface area contributed by atoms with Crippen LogP contribution < -0.4 is 10.1 Å². The van der Waals surface area contributed by atoms with E-state index in [2.05, 4.69) is 5.32 Å². The summed E-state index contributed by atoms with van der Waals surface area (Å²) in [4.78, 5) is 30.0. The Hall–Kier alpha value is -3.12. The van der Waals surface area contributed by atoms with E-state index < -0.39 is 6.04 Å². The fraction of sp³-hybridized carbons (Fsp3) is 0.333. The first-order valence-electron chi connectivity index (χ1n) is 11.4. The van der Waals surface area contributed by atoms with Crippen LogP contribution in [-0.2, 0) is 22.6 Å². The van der Waals surface area contributed by atoms with Crippen LogP contribution in [0, 0.1) is 0 Å². The number of carbonyl (C=O) groups is 2. The summed E-state index contributed by atoms with van der Waals surface area (Å²) in [6.07, 6.45) is 4.53. The third kappa shape index (κ3) is 6.02. The molecule has 2 amide bonds. The van der Waals surface area contributed by atoms with Gasteiger partial charge in [-0.1, -0.05) is 61.4 Å². The standard InChI is InChI=1S/C27H30N2O3S/c1-32-23-15-13-20(14-16-23)19-29(25(30)18-24-12-7-17-33-24)26(21-8-3-2-4-9-21)27(31)28-22-10-5-6-11-22/h2-4,7-9,12-17,22,26H,5-6,10-11,18-19H2,1H3,(H,28,31)/t26-/m0/s1. The topological polar surface area (TPSA) is 58.6 Å². The predicted octanol–water partition coefficient (Wildman–Crippen LogP) is 5.13. The molecule has 0 radical (unpaired) electrons. The van der Waals surface area contributed by atoms with Crippen molar-refractivity contribution in [3.8, 4) is 5.75 Å². The maximum absolute atomic E-state index is 13.6. The van der Waals surface area contributed by atoms with Gasteiger partial charge in [0.15, 0.2) is 0 Å². The summed E-state index contributed by atoms with van der Waals surface area (Å²) in [6.45, 7) is 0.339. The summed E-state index contributed by atoms with van der Waals surface area (Å²) in [7, 11) is 1.63. The first-order valence-corrected chi connectivity index (χ1v) is 12.3. The zero-order chi connectivity index (χ0) is 23.0. The molecule has 1 heterocycles. The number of thiophene rings is 1. The van der Waals surface area contributed by atoms with Crippen molar-refractivity contribution >= 4 is 23.2 Å². The summed E-state index contributed by atoms with van der Waals surface area (Å²) in [6, 6.07) is 20.7. The Labute approximate surface area is 199 Å². The molecule has 0 unspecified atom stereocenters. The second-order valence-corrected chi connectivity index (χ2v) is 9.46. The molecule has 0 saturated heterocycles. The number of nitrogens with zero attached hydrogens (tertiary/aromatic N) is 1. The summed E-state index contributed by atoms with van der Waals surface area (Å²) in [5.74, 6) is 0.582. The van der Waals surface area contributed by atoms with Crippen molar-refractivity contribution in [3.05, 3.63) is 88.1 Å². The highest BCUT2D eigenvalue weighted by molar-refractivity contribution is 7.10. The monoisotopic (exact) mass is 462 g/mol. The van der Waals surface area contributed by atoms with Gasteiger partial charge in [-0.15, -0.1) is 11.3 Å². The van der Waals surface area contributed by atoms with Crippen molar-refractivity contribution in [1.29, 1.82) is 0 Å². The van der Waals surface area contributed by atoms with Crippen LogP contribution in [0.2, 0.25) is 0 Å². The molecule has 3 aromatic rings. The van der Waals surface area contributed by atoms with Crippen molar-refractivity contribution in [2.24, 2.45) is 0 Å². The van der Waals surface area contributed by atoms with E-state index in [1.165, 1.54) is 0 Å². The molecule has 2 aromatic carbocycles. The SMILES string of the molecule is COc1ccc(CN(C(=O)Cc2cccs2)[C@H](C(=O)NC2CCCC2)c2ccccc2)cc1. The maximum Gasteiger partial charge on any atom is 0.247 e. The van der Waals surface area contributed by atoms with Crippen LogP contribution in [0.15, 0.2) is 72.1 Å². The molecule has 5 nitrogen and oxygen atoms in total. The van der Waals surface area contributed by atoms with Crippen LogP contribution in [0.5, 0.6) is 5.75 Å². The molecule has 1 fully saturated rings. The van der Waals surface area contributed by atoms with E-state index in [4.69, 9.17) is 4.74 Å². The molecule has 4 rings (SSSR count). The molecule has 1 aliphatic rings. The van der Waals surface area contributed by atoms with Gasteiger partial charge < -0.3 is 15.0 Å². The van der Waals surface area contributed by atoms with Crippen molar-refractivity contribution in [1.82, 2.24) is 10.2 Å². The van der Waals surface area contributed by atoms with Gasteiger partial charge in [-0.05, 0) is 47.5 Å². The van der Waals surface area contributed by atoms with Crippen LogP contribution in [0.3, 0.4) is 0 Å².